The summed E-state index contributed by atoms with van der Waals surface area (Å²) in [7, 11) is 1.67. The number of pyridine rings is 1. The van der Waals surface area contributed by atoms with Crippen molar-refractivity contribution in [2.24, 2.45) is 7.05 Å². The van der Waals surface area contributed by atoms with Gasteiger partial charge < -0.3 is 25.0 Å². The molecule has 1 fully saturated rings. The van der Waals surface area contributed by atoms with E-state index in [-0.39, 0.29) is 18.1 Å². The van der Waals surface area contributed by atoms with E-state index in [1.54, 1.807) is 55.0 Å². The molecule has 1 saturated carbocycles. The highest BCUT2D eigenvalue weighted by atomic mass is 16.3. The van der Waals surface area contributed by atoms with E-state index in [4.69, 9.17) is 0 Å². The summed E-state index contributed by atoms with van der Waals surface area (Å²) in [4.78, 5) is 28.4. The molecule has 2 aromatic carbocycles. The Morgan fingerprint density at radius 2 is 1.88 bits per heavy atom. The molecule has 4 aromatic rings. The summed E-state index contributed by atoms with van der Waals surface area (Å²) in [5, 5.41) is 28.2. The van der Waals surface area contributed by atoms with Crippen LogP contribution in [-0.2, 0) is 26.6 Å². The molecule has 9 nitrogen and oxygen atoms in total. The van der Waals surface area contributed by atoms with Gasteiger partial charge in [0.15, 0.2) is 5.82 Å². The summed E-state index contributed by atoms with van der Waals surface area (Å²) >= 11 is 0. The highest BCUT2D eigenvalue weighted by Crippen LogP contribution is 2.41. The molecule has 6 rings (SSSR count). The van der Waals surface area contributed by atoms with Crippen LogP contribution in [-0.4, -0.2) is 42.6 Å². The number of fused-ring (bicyclic) bond motifs is 1. The summed E-state index contributed by atoms with van der Waals surface area (Å²) in [5.41, 5.74) is 5.04. The van der Waals surface area contributed by atoms with E-state index in [0.717, 1.165) is 23.1 Å². The first-order chi connectivity index (χ1) is 19.6. The second kappa shape index (κ2) is 10.3. The van der Waals surface area contributed by atoms with E-state index in [9.17, 15) is 19.8 Å². The van der Waals surface area contributed by atoms with E-state index in [2.05, 4.69) is 22.5 Å². The van der Waals surface area contributed by atoms with Crippen LogP contribution in [0.5, 0.6) is 0 Å². The lowest BCUT2D eigenvalue weighted by atomic mass is 9.93. The molecule has 3 N–H and O–H groups in total. The molecule has 0 saturated heterocycles. The van der Waals surface area contributed by atoms with Gasteiger partial charge in [-0.1, -0.05) is 24.3 Å². The number of anilines is 3. The molecule has 0 radical (unpaired) electrons. The Labute approximate surface area is 238 Å². The first kappa shape index (κ1) is 27.0. The number of carbonyl (C=O) groups excluding carboxylic acids is 1. The van der Waals surface area contributed by atoms with Crippen LogP contribution in [0.1, 0.15) is 59.7 Å². The smallest absolute Gasteiger partial charge is 0.274 e. The summed E-state index contributed by atoms with van der Waals surface area (Å²) in [5.74, 6) is 1.04. The molecule has 1 amide bonds. The number of aliphatic hydroxyl groups is 2. The minimum Gasteiger partial charge on any atom is -0.392 e. The molecule has 0 bridgehead atoms. The zero-order valence-electron chi connectivity index (χ0n) is 23.6. The van der Waals surface area contributed by atoms with Crippen LogP contribution in [0.25, 0.3) is 11.1 Å². The van der Waals surface area contributed by atoms with Gasteiger partial charge in [0.1, 0.15) is 5.69 Å². The predicted octanol–water partition coefficient (Wildman–Crippen LogP) is 4.34. The van der Waals surface area contributed by atoms with Gasteiger partial charge in [0.25, 0.3) is 11.5 Å². The Kier molecular flexibility index (Phi) is 6.79. The van der Waals surface area contributed by atoms with E-state index in [0.29, 0.717) is 47.3 Å². The number of aliphatic hydroxyl groups excluding tert-OH is 1. The van der Waals surface area contributed by atoms with Crippen LogP contribution < -0.4 is 15.8 Å². The second-order valence-electron chi connectivity index (χ2n) is 11.8. The third-order valence-corrected chi connectivity index (χ3v) is 7.81. The zero-order chi connectivity index (χ0) is 28.9. The molecule has 3 heterocycles. The van der Waals surface area contributed by atoms with Crippen molar-refractivity contribution in [3.8, 4) is 11.1 Å². The standard InChI is InChI=1S/C32H35N5O4/c1-32(2,41)19-36-13-12-29(34-36)33-27-16-23(17-35(3)31(27)40)24-5-4-6-28(26(24)18-38)37-14-11-22-15-21(20-7-8-20)9-10-25(22)30(37)39/h4-6,9-10,12-13,15-17,20,38,41H,7-8,11,14,18-19H2,1-3H3,(H,33,34). The molecule has 1 aliphatic heterocycles. The number of carbonyl (C=O) groups is 1. The quantitative estimate of drug-likeness (QED) is 0.299. The summed E-state index contributed by atoms with van der Waals surface area (Å²) < 4.78 is 3.10. The van der Waals surface area contributed by atoms with Gasteiger partial charge in [0, 0.05) is 48.7 Å². The largest absolute Gasteiger partial charge is 0.392 e. The molecule has 2 aliphatic rings. The first-order valence-electron chi connectivity index (χ1n) is 14.0. The van der Waals surface area contributed by atoms with E-state index >= 15 is 0 Å². The molecule has 0 atom stereocenters. The van der Waals surface area contributed by atoms with Gasteiger partial charge >= 0.3 is 0 Å². The summed E-state index contributed by atoms with van der Waals surface area (Å²) in [6.45, 7) is 3.98. The lowest BCUT2D eigenvalue weighted by Gasteiger charge is -2.31. The Hall–Kier alpha value is -4.21. The Bertz CT molecular complexity index is 1690. The van der Waals surface area contributed by atoms with Crippen molar-refractivity contribution in [1.29, 1.82) is 0 Å². The van der Waals surface area contributed by atoms with Gasteiger partial charge in [0.05, 0.1) is 24.4 Å². The van der Waals surface area contributed by atoms with E-state index < -0.39 is 5.60 Å². The third-order valence-electron chi connectivity index (χ3n) is 7.81. The fourth-order valence-corrected chi connectivity index (χ4v) is 5.67. The van der Waals surface area contributed by atoms with Crippen LogP contribution in [0.4, 0.5) is 17.2 Å². The number of nitrogens with one attached hydrogen (secondary N) is 1. The minimum atomic E-state index is -0.928. The zero-order valence-corrected chi connectivity index (χ0v) is 23.6. The third kappa shape index (κ3) is 5.42. The lowest BCUT2D eigenvalue weighted by molar-refractivity contribution is 0.0578. The maximum absolute atomic E-state index is 13.6. The van der Waals surface area contributed by atoms with Crippen molar-refractivity contribution >= 4 is 23.1 Å². The number of rotatable bonds is 8. The van der Waals surface area contributed by atoms with Gasteiger partial charge in [-0.05, 0) is 73.9 Å². The molecule has 212 valence electrons. The van der Waals surface area contributed by atoms with Gasteiger partial charge in [0.2, 0.25) is 0 Å². The number of amides is 1. The number of aromatic nitrogens is 3. The number of hydrogen-bond acceptors (Lipinski definition) is 6. The first-order valence-corrected chi connectivity index (χ1v) is 14.0. The number of hydrogen-bond donors (Lipinski definition) is 3. The SMILES string of the molecule is Cn1cc(-c2cccc(N3CCc4cc(C5CC5)ccc4C3=O)c2CO)cc(Nc2ccn(CC(C)(C)O)n2)c1=O. The van der Waals surface area contributed by atoms with E-state index in [1.807, 2.05) is 24.3 Å². The van der Waals surface area contributed by atoms with Crippen LogP contribution in [0.3, 0.4) is 0 Å². The number of aryl methyl sites for hydroxylation is 1. The van der Waals surface area contributed by atoms with Crippen LogP contribution in [0, 0.1) is 0 Å². The monoisotopic (exact) mass is 553 g/mol. The van der Waals surface area contributed by atoms with E-state index in [1.165, 1.54) is 23.0 Å². The van der Waals surface area contributed by atoms with Gasteiger partial charge in [-0.2, -0.15) is 5.10 Å². The van der Waals surface area contributed by atoms with Crippen LogP contribution in [0.15, 0.2) is 65.7 Å². The van der Waals surface area contributed by atoms with Crippen molar-refractivity contribution in [3.63, 3.8) is 0 Å². The fourth-order valence-electron chi connectivity index (χ4n) is 5.67. The second-order valence-corrected chi connectivity index (χ2v) is 11.8. The molecule has 0 spiro atoms. The van der Waals surface area contributed by atoms with Crippen LogP contribution in [0.2, 0.25) is 0 Å². The highest BCUT2D eigenvalue weighted by Gasteiger charge is 2.30. The molecular formula is C32H35N5O4. The average Bonchev–Trinajstić information content (AvgIpc) is 3.70. The van der Waals surface area contributed by atoms with Crippen LogP contribution >= 0.6 is 0 Å². The van der Waals surface area contributed by atoms with Crippen molar-refractivity contribution in [3.05, 3.63) is 93.5 Å². The lowest BCUT2D eigenvalue weighted by Crippen LogP contribution is -2.38. The number of nitrogens with zero attached hydrogens (tertiary/aromatic N) is 4. The number of benzene rings is 2. The summed E-state index contributed by atoms with van der Waals surface area (Å²) in [6, 6.07) is 15.3. The molecular weight excluding hydrogens is 518 g/mol. The minimum absolute atomic E-state index is 0.0649. The molecule has 1 aliphatic carbocycles. The Morgan fingerprint density at radius 1 is 1.07 bits per heavy atom. The molecule has 0 unspecified atom stereocenters. The Morgan fingerprint density at radius 3 is 2.61 bits per heavy atom. The molecule has 41 heavy (non-hydrogen) atoms. The highest BCUT2D eigenvalue weighted by molar-refractivity contribution is 6.09. The maximum Gasteiger partial charge on any atom is 0.274 e. The fraction of sp³-hybridized carbons (Fsp3) is 0.344. The van der Waals surface area contributed by atoms with Gasteiger partial charge in [-0.3, -0.25) is 14.3 Å². The predicted molar refractivity (Wildman–Crippen MR) is 159 cm³/mol. The molecule has 9 heteroatoms. The normalized spacial score (nSPS) is 15.2. The van der Waals surface area contributed by atoms with Crippen molar-refractivity contribution in [2.45, 2.75) is 57.8 Å². The van der Waals surface area contributed by atoms with Crippen molar-refractivity contribution < 1.29 is 15.0 Å². The summed E-state index contributed by atoms with van der Waals surface area (Å²) in [6.07, 6.45) is 6.66. The van der Waals surface area contributed by atoms with Gasteiger partial charge in [-0.15, -0.1) is 0 Å². The average molecular weight is 554 g/mol. The Balaban J connectivity index is 1.32. The molecule has 2 aromatic heterocycles. The topological polar surface area (TPSA) is 113 Å². The van der Waals surface area contributed by atoms with Crippen molar-refractivity contribution in [1.82, 2.24) is 14.3 Å². The van der Waals surface area contributed by atoms with Crippen molar-refractivity contribution in [2.75, 3.05) is 16.8 Å². The maximum atomic E-state index is 13.6. The van der Waals surface area contributed by atoms with Gasteiger partial charge in [-0.25, -0.2) is 0 Å².